The van der Waals surface area contributed by atoms with E-state index < -0.39 is 0 Å². The van der Waals surface area contributed by atoms with Crippen molar-refractivity contribution in [2.75, 3.05) is 38.0 Å². The summed E-state index contributed by atoms with van der Waals surface area (Å²) in [6.45, 7) is 3.99. The summed E-state index contributed by atoms with van der Waals surface area (Å²) in [5, 5.41) is 3.28. The van der Waals surface area contributed by atoms with Gasteiger partial charge in [-0.25, -0.2) is 9.37 Å². The number of nitrogens with zero attached hydrogens (tertiary/aromatic N) is 4. The molecule has 2 saturated heterocycles. The lowest BCUT2D eigenvalue weighted by atomic mass is 10.0. The van der Waals surface area contributed by atoms with Crippen molar-refractivity contribution < 1.29 is 9.18 Å². The predicted octanol–water partition coefficient (Wildman–Crippen LogP) is 3.10. The number of aromatic nitrogens is 2. The molecule has 2 fully saturated rings. The Labute approximate surface area is 164 Å². The molecule has 1 atom stereocenters. The standard InChI is InChI=1S/C21H26FN5O/c22-17-8-2-1-7-16(17)19(26-9-3-4-10-26)14-24-20-15-23-13-18(25-20)21(28)27-11-5-6-12-27/h1-2,7-8,13,15,19H,3-6,9-12,14H2,(H,24,25). The number of carbonyl (C=O) groups is 1. The second-order valence-corrected chi connectivity index (χ2v) is 7.45. The van der Waals surface area contributed by atoms with Crippen LogP contribution >= 0.6 is 0 Å². The average molecular weight is 383 g/mol. The van der Waals surface area contributed by atoms with Crippen LogP contribution in [0.1, 0.15) is 47.8 Å². The minimum absolute atomic E-state index is 0.0705. The Balaban J connectivity index is 1.48. The van der Waals surface area contributed by atoms with Crippen molar-refractivity contribution in [3.8, 4) is 0 Å². The van der Waals surface area contributed by atoms with E-state index in [9.17, 15) is 9.18 Å². The topological polar surface area (TPSA) is 61.4 Å². The summed E-state index contributed by atoms with van der Waals surface area (Å²) in [5.41, 5.74) is 1.05. The molecule has 1 N–H and O–H groups in total. The molecule has 2 aliphatic heterocycles. The van der Waals surface area contributed by atoms with Gasteiger partial charge >= 0.3 is 0 Å². The Kier molecular flexibility index (Phi) is 5.81. The zero-order valence-corrected chi connectivity index (χ0v) is 16.0. The highest BCUT2D eigenvalue weighted by Gasteiger charge is 2.26. The number of nitrogens with one attached hydrogen (secondary N) is 1. The smallest absolute Gasteiger partial charge is 0.274 e. The summed E-state index contributed by atoms with van der Waals surface area (Å²) >= 11 is 0. The first-order valence-electron chi connectivity index (χ1n) is 10.1. The molecule has 0 spiro atoms. The third-order valence-corrected chi connectivity index (χ3v) is 5.57. The van der Waals surface area contributed by atoms with Gasteiger partial charge in [0.25, 0.3) is 5.91 Å². The van der Waals surface area contributed by atoms with E-state index >= 15 is 0 Å². The number of rotatable bonds is 6. The molecule has 6 nitrogen and oxygen atoms in total. The Bertz CT molecular complexity index is 818. The number of anilines is 1. The molecule has 0 aliphatic carbocycles. The Morgan fingerprint density at radius 1 is 1.07 bits per heavy atom. The number of benzene rings is 1. The predicted molar refractivity (Wildman–Crippen MR) is 106 cm³/mol. The fourth-order valence-electron chi connectivity index (χ4n) is 4.07. The number of halogens is 1. The molecular formula is C21H26FN5O. The summed E-state index contributed by atoms with van der Waals surface area (Å²) in [5.74, 6) is 0.287. The van der Waals surface area contributed by atoms with E-state index in [2.05, 4.69) is 20.2 Å². The van der Waals surface area contributed by atoms with Gasteiger partial charge in [0, 0.05) is 25.2 Å². The van der Waals surface area contributed by atoms with Gasteiger partial charge in [0.1, 0.15) is 17.3 Å². The van der Waals surface area contributed by atoms with Crippen molar-refractivity contribution in [3.63, 3.8) is 0 Å². The van der Waals surface area contributed by atoms with E-state index in [1.807, 2.05) is 17.0 Å². The second kappa shape index (κ2) is 8.65. The minimum atomic E-state index is -0.190. The Hall–Kier alpha value is -2.54. The summed E-state index contributed by atoms with van der Waals surface area (Å²) in [6.07, 6.45) is 7.47. The first-order chi connectivity index (χ1) is 13.7. The molecular weight excluding hydrogens is 357 g/mol. The lowest BCUT2D eigenvalue weighted by molar-refractivity contribution is 0.0786. The van der Waals surface area contributed by atoms with E-state index in [1.165, 1.54) is 12.3 Å². The normalized spacial score (nSPS) is 18.4. The first kappa shape index (κ1) is 18.8. The van der Waals surface area contributed by atoms with E-state index in [-0.39, 0.29) is 17.8 Å². The number of carbonyl (C=O) groups excluding carboxylic acids is 1. The van der Waals surface area contributed by atoms with Crippen LogP contribution in [-0.2, 0) is 0 Å². The van der Waals surface area contributed by atoms with Crippen molar-refractivity contribution in [1.82, 2.24) is 19.8 Å². The van der Waals surface area contributed by atoms with Gasteiger partial charge in [-0.3, -0.25) is 14.7 Å². The lowest BCUT2D eigenvalue weighted by Gasteiger charge is -2.28. The number of hydrogen-bond donors (Lipinski definition) is 1. The SMILES string of the molecule is O=C(c1cncc(NCC(c2ccccc2F)N2CCCC2)n1)N1CCCC1. The molecule has 3 heterocycles. The van der Waals surface area contributed by atoms with Crippen LogP contribution in [0.3, 0.4) is 0 Å². The van der Waals surface area contributed by atoms with Crippen LogP contribution in [0.4, 0.5) is 10.2 Å². The van der Waals surface area contributed by atoms with Crippen LogP contribution < -0.4 is 5.32 Å². The molecule has 28 heavy (non-hydrogen) atoms. The van der Waals surface area contributed by atoms with Crippen molar-refractivity contribution in [3.05, 3.63) is 53.7 Å². The van der Waals surface area contributed by atoms with Crippen LogP contribution in [-0.4, -0.2) is 58.4 Å². The zero-order valence-electron chi connectivity index (χ0n) is 16.0. The minimum Gasteiger partial charge on any atom is -0.367 e. The molecule has 0 bridgehead atoms. The van der Waals surface area contributed by atoms with E-state index in [0.29, 0.717) is 23.6 Å². The van der Waals surface area contributed by atoms with Crippen molar-refractivity contribution >= 4 is 11.7 Å². The molecule has 1 amide bonds. The monoisotopic (exact) mass is 383 g/mol. The summed E-state index contributed by atoms with van der Waals surface area (Å²) in [7, 11) is 0. The van der Waals surface area contributed by atoms with E-state index in [0.717, 1.165) is 51.9 Å². The van der Waals surface area contributed by atoms with E-state index in [1.54, 1.807) is 12.3 Å². The van der Waals surface area contributed by atoms with Gasteiger partial charge in [0.15, 0.2) is 0 Å². The number of amides is 1. The third-order valence-electron chi connectivity index (χ3n) is 5.57. The molecule has 0 radical (unpaired) electrons. The summed E-state index contributed by atoms with van der Waals surface area (Å²) in [4.78, 5) is 25.3. The maximum absolute atomic E-state index is 14.4. The van der Waals surface area contributed by atoms with Gasteiger partial charge in [0.2, 0.25) is 0 Å². The molecule has 1 unspecified atom stereocenters. The summed E-state index contributed by atoms with van der Waals surface area (Å²) < 4.78 is 14.4. The van der Waals surface area contributed by atoms with Gasteiger partial charge in [-0.05, 0) is 44.8 Å². The van der Waals surface area contributed by atoms with Gasteiger partial charge < -0.3 is 10.2 Å². The van der Waals surface area contributed by atoms with Crippen molar-refractivity contribution in [1.29, 1.82) is 0 Å². The Morgan fingerprint density at radius 3 is 2.54 bits per heavy atom. The maximum Gasteiger partial charge on any atom is 0.274 e. The van der Waals surface area contributed by atoms with Crippen LogP contribution in [0.5, 0.6) is 0 Å². The number of hydrogen-bond acceptors (Lipinski definition) is 5. The fraction of sp³-hybridized carbons (Fsp3) is 0.476. The largest absolute Gasteiger partial charge is 0.367 e. The molecule has 0 saturated carbocycles. The van der Waals surface area contributed by atoms with Gasteiger partial charge in [-0.15, -0.1) is 0 Å². The maximum atomic E-state index is 14.4. The highest BCUT2D eigenvalue weighted by atomic mass is 19.1. The quantitative estimate of drug-likeness (QED) is 0.831. The van der Waals surface area contributed by atoms with E-state index in [4.69, 9.17) is 0 Å². The first-order valence-corrected chi connectivity index (χ1v) is 10.1. The molecule has 1 aromatic carbocycles. The number of likely N-dealkylation sites (tertiary alicyclic amines) is 2. The van der Waals surface area contributed by atoms with Crippen molar-refractivity contribution in [2.45, 2.75) is 31.7 Å². The lowest BCUT2D eigenvalue weighted by Crippen LogP contribution is -2.32. The van der Waals surface area contributed by atoms with Crippen LogP contribution in [0.25, 0.3) is 0 Å². The molecule has 2 aromatic rings. The third kappa shape index (κ3) is 4.14. The van der Waals surface area contributed by atoms with Crippen molar-refractivity contribution in [2.24, 2.45) is 0 Å². The molecule has 4 rings (SSSR count). The van der Waals surface area contributed by atoms with Crippen LogP contribution in [0, 0.1) is 5.82 Å². The van der Waals surface area contributed by atoms with Crippen LogP contribution in [0.2, 0.25) is 0 Å². The average Bonchev–Trinajstić information content (AvgIpc) is 3.43. The second-order valence-electron chi connectivity index (χ2n) is 7.45. The fourth-order valence-corrected chi connectivity index (χ4v) is 4.07. The van der Waals surface area contributed by atoms with Gasteiger partial charge in [0.05, 0.1) is 18.4 Å². The summed E-state index contributed by atoms with van der Waals surface area (Å²) in [6, 6.07) is 6.86. The zero-order chi connectivity index (χ0) is 19.3. The molecule has 7 heteroatoms. The highest BCUT2D eigenvalue weighted by molar-refractivity contribution is 5.92. The van der Waals surface area contributed by atoms with Crippen LogP contribution in [0.15, 0.2) is 36.7 Å². The van der Waals surface area contributed by atoms with Gasteiger partial charge in [-0.2, -0.15) is 0 Å². The highest BCUT2D eigenvalue weighted by Crippen LogP contribution is 2.27. The Morgan fingerprint density at radius 2 is 1.79 bits per heavy atom. The van der Waals surface area contributed by atoms with Gasteiger partial charge in [-0.1, -0.05) is 18.2 Å². The molecule has 1 aromatic heterocycles. The molecule has 2 aliphatic rings. The molecule has 148 valence electrons.